The first kappa shape index (κ1) is 30.3. The maximum absolute atomic E-state index is 9.25. The number of nitrogens with zero attached hydrogens (tertiary/aromatic N) is 2. The van der Waals surface area contributed by atoms with Crippen LogP contribution in [0.4, 0.5) is 0 Å². The zero-order valence-electron chi connectivity index (χ0n) is 26.9. The van der Waals surface area contributed by atoms with E-state index in [-0.39, 0.29) is 0 Å². The van der Waals surface area contributed by atoms with E-state index in [2.05, 4.69) is 144 Å². The molecule has 0 fully saturated rings. The van der Waals surface area contributed by atoms with E-state index in [0.717, 1.165) is 45.3 Å². The van der Waals surface area contributed by atoms with Crippen molar-refractivity contribution in [2.24, 2.45) is 0 Å². The highest BCUT2D eigenvalue weighted by Gasteiger charge is 2.15. The summed E-state index contributed by atoms with van der Waals surface area (Å²) in [4.78, 5) is 3.54. The summed E-state index contributed by atoms with van der Waals surface area (Å²) >= 11 is 0. The van der Waals surface area contributed by atoms with Crippen LogP contribution >= 0.6 is 0 Å². The SMILES string of the molecule is C1=CC=CCC=C1.C=C/C=C\C(=C/C)n1c2ccc(-c3ccc(C#N)cc3)cc2c2cc(-c3ccc4[nH]c5ccccc5c4c3)ccc21. The minimum atomic E-state index is 0.662. The van der Waals surface area contributed by atoms with Gasteiger partial charge in [-0.2, -0.15) is 5.26 Å². The van der Waals surface area contributed by atoms with E-state index in [0.29, 0.717) is 5.56 Å². The molecule has 0 saturated carbocycles. The van der Waals surface area contributed by atoms with Crippen LogP contribution in [0.3, 0.4) is 0 Å². The lowest BCUT2D eigenvalue weighted by Crippen LogP contribution is -1.94. The summed E-state index contributed by atoms with van der Waals surface area (Å²) in [5.74, 6) is 0. The van der Waals surface area contributed by atoms with Gasteiger partial charge in [-0.1, -0.05) is 110 Å². The molecule has 0 spiro atoms. The number of H-pyrrole nitrogens is 1. The van der Waals surface area contributed by atoms with Crippen LogP contribution < -0.4 is 0 Å². The lowest BCUT2D eigenvalue weighted by Gasteiger charge is -2.09. The average Bonchev–Trinajstić information content (AvgIpc) is 3.49. The Balaban J connectivity index is 0.000000465. The van der Waals surface area contributed by atoms with Crippen molar-refractivity contribution in [2.75, 3.05) is 0 Å². The highest BCUT2D eigenvalue weighted by atomic mass is 15.0. The van der Waals surface area contributed by atoms with Gasteiger partial charge in [0.2, 0.25) is 0 Å². The number of rotatable bonds is 5. The van der Waals surface area contributed by atoms with Crippen LogP contribution in [0.25, 0.3) is 71.6 Å². The van der Waals surface area contributed by atoms with Gasteiger partial charge < -0.3 is 9.55 Å². The predicted octanol–water partition coefficient (Wildman–Crippen LogP) is 12.3. The average molecular weight is 618 g/mol. The van der Waals surface area contributed by atoms with Crippen LogP contribution in [-0.4, -0.2) is 9.55 Å². The fourth-order valence-electron chi connectivity index (χ4n) is 6.41. The van der Waals surface area contributed by atoms with Crippen molar-refractivity contribution in [3.8, 4) is 28.3 Å². The molecule has 7 aromatic rings. The molecule has 0 bridgehead atoms. The normalized spacial score (nSPS) is 12.9. The Hall–Kier alpha value is -6.37. The number of allylic oxidation sites excluding steroid dienone is 11. The van der Waals surface area contributed by atoms with Crippen molar-refractivity contribution in [3.63, 3.8) is 0 Å². The van der Waals surface area contributed by atoms with Crippen LogP contribution in [0.1, 0.15) is 18.9 Å². The summed E-state index contributed by atoms with van der Waals surface area (Å²) in [6.07, 6.45) is 21.5. The van der Waals surface area contributed by atoms with Crippen LogP contribution in [-0.2, 0) is 0 Å². The third-order valence-electron chi connectivity index (χ3n) is 8.79. The maximum Gasteiger partial charge on any atom is 0.0991 e. The first-order valence-corrected chi connectivity index (χ1v) is 16.2. The molecule has 1 aliphatic rings. The quantitative estimate of drug-likeness (QED) is 0.192. The number of aromatic amines is 1. The number of hydrogen-bond donors (Lipinski definition) is 1. The molecule has 0 saturated heterocycles. The number of hydrogen-bond acceptors (Lipinski definition) is 1. The topological polar surface area (TPSA) is 44.5 Å². The molecule has 48 heavy (non-hydrogen) atoms. The molecule has 0 atom stereocenters. The second-order valence-corrected chi connectivity index (χ2v) is 11.7. The molecule has 2 aromatic heterocycles. The van der Waals surface area contributed by atoms with Gasteiger partial charge in [-0.3, -0.25) is 0 Å². The highest BCUT2D eigenvalue weighted by molar-refractivity contribution is 6.13. The van der Waals surface area contributed by atoms with Gasteiger partial charge in [-0.05, 0) is 96.3 Å². The van der Waals surface area contributed by atoms with Crippen LogP contribution in [0.2, 0.25) is 0 Å². The van der Waals surface area contributed by atoms with Crippen molar-refractivity contribution in [2.45, 2.75) is 13.3 Å². The Bertz CT molecular complexity index is 2490. The van der Waals surface area contributed by atoms with Crippen molar-refractivity contribution in [1.29, 1.82) is 5.26 Å². The number of nitriles is 1. The third kappa shape index (κ3) is 5.84. The van der Waals surface area contributed by atoms with Crippen LogP contribution in [0.5, 0.6) is 0 Å². The van der Waals surface area contributed by atoms with Crippen molar-refractivity contribution in [3.05, 3.63) is 176 Å². The van der Waals surface area contributed by atoms with E-state index < -0.39 is 0 Å². The molecule has 3 heteroatoms. The van der Waals surface area contributed by atoms with Gasteiger partial charge >= 0.3 is 0 Å². The Morgan fingerprint density at radius 1 is 0.688 bits per heavy atom. The number of para-hydroxylation sites is 1. The number of benzene rings is 5. The van der Waals surface area contributed by atoms with Gasteiger partial charge in [0.15, 0.2) is 0 Å². The zero-order valence-corrected chi connectivity index (χ0v) is 26.9. The fourth-order valence-corrected chi connectivity index (χ4v) is 6.41. The largest absolute Gasteiger partial charge is 0.355 e. The molecule has 3 nitrogen and oxygen atoms in total. The lowest BCUT2D eigenvalue weighted by atomic mass is 9.99. The minimum absolute atomic E-state index is 0.662. The monoisotopic (exact) mass is 617 g/mol. The summed E-state index contributed by atoms with van der Waals surface area (Å²) in [5, 5.41) is 14.1. The molecule has 0 aliphatic heterocycles. The highest BCUT2D eigenvalue weighted by Crippen LogP contribution is 2.38. The molecule has 0 radical (unpaired) electrons. The van der Waals surface area contributed by atoms with E-state index in [1.54, 1.807) is 6.08 Å². The predicted molar refractivity (Wildman–Crippen MR) is 206 cm³/mol. The molecular weight excluding hydrogens is 583 g/mol. The molecule has 5 aromatic carbocycles. The standard InChI is InChI=1S/C38H27N3.C7H8/c1-3-5-8-30(4-2)41-37-19-16-27(26-13-11-25(24-39)12-14-26)22-33(37)34-23-29(17-20-38(34)41)28-15-18-36-32(21-28)31-9-6-7-10-35(31)40-36;1-2-4-6-7-5-3-1/h3-23,40H,1H2,2H3;1-6H,7H2/b8-5-,30-4+;. The Morgan fingerprint density at radius 3 is 1.92 bits per heavy atom. The Labute approximate surface area is 281 Å². The molecule has 2 heterocycles. The summed E-state index contributed by atoms with van der Waals surface area (Å²) in [6.45, 7) is 5.93. The first-order valence-electron chi connectivity index (χ1n) is 16.2. The van der Waals surface area contributed by atoms with E-state index in [9.17, 15) is 5.26 Å². The number of fused-ring (bicyclic) bond motifs is 6. The minimum Gasteiger partial charge on any atom is -0.355 e. The maximum atomic E-state index is 9.25. The molecule has 0 amide bonds. The van der Waals surface area contributed by atoms with Gasteiger partial charge in [-0.25, -0.2) is 0 Å². The van der Waals surface area contributed by atoms with E-state index in [1.807, 2.05) is 42.5 Å². The first-order chi connectivity index (χ1) is 23.7. The fraction of sp³-hybridized carbons (Fsp3) is 0.0444. The summed E-state index contributed by atoms with van der Waals surface area (Å²) in [7, 11) is 0. The smallest absolute Gasteiger partial charge is 0.0991 e. The summed E-state index contributed by atoms with van der Waals surface area (Å²) < 4.78 is 2.32. The molecule has 230 valence electrons. The third-order valence-corrected chi connectivity index (χ3v) is 8.79. The van der Waals surface area contributed by atoms with Gasteiger partial charge in [0.25, 0.3) is 0 Å². The Kier molecular flexibility index (Phi) is 8.55. The molecule has 0 unspecified atom stereocenters. The molecule has 1 aliphatic carbocycles. The summed E-state index contributed by atoms with van der Waals surface area (Å²) in [6, 6.07) is 38.5. The lowest BCUT2D eigenvalue weighted by molar-refractivity contribution is 1.23. The second-order valence-electron chi connectivity index (χ2n) is 11.7. The van der Waals surface area contributed by atoms with Crippen LogP contribution in [0.15, 0.2) is 170 Å². The second kappa shape index (κ2) is 13.5. The van der Waals surface area contributed by atoms with Crippen molar-refractivity contribution >= 4 is 49.3 Å². The van der Waals surface area contributed by atoms with Gasteiger partial charge in [0.05, 0.1) is 22.7 Å². The van der Waals surface area contributed by atoms with Gasteiger partial charge in [0, 0.05) is 38.3 Å². The van der Waals surface area contributed by atoms with Crippen LogP contribution in [0, 0.1) is 11.3 Å². The van der Waals surface area contributed by atoms with E-state index in [4.69, 9.17) is 0 Å². The number of nitrogens with one attached hydrogen (secondary N) is 1. The Morgan fingerprint density at radius 2 is 1.27 bits per heavy atom. The molecule has 1 N–H and O–H groups in total. The van der Waals surface area contributed by atoms with E-state index in [1.165, 1.54) is 32.7 Å². The molecular formula is C45H35N3. The van der Waals surface area contributed by atoms with Gasteiger partial charge in [0.1, 0.15) is 0 Å². The zero-order chi connectivity index (χ0) is 32.9. The van der Waals surface area contributed by atoms with Crippen molar-refractivity contribution < 1.29 is 0 Å². The number of aromatic nitrogens is 2. The van der Waals surface area contributed by atoms with E-state index >= 15 is 0 Å². The molecule has 8 rings (SSSR count). The van der Waals surface area contributed by atoms with Gasteiger partial charge in [-0.15, -0.1) is 0 Å². The summed E-state index contributed by atoms with van der Waals surface area (Å²) in [5.41, 5.74) is 10.9. The van der Waals surface area contributed by atoms with Crippen molar-refractivity contribution in [1.82, 2.24) is 9.55 Å².